The van der Waals surface area contributed by atoms with E-state index in [1.807, 2.05) is 48.5 Å². The van der Waals surface area contributed by atoms with Crippen molar-refractivity contribution in [2.75, 3.05) is 7.11 Å². The van der Waals surface area contributed by atoms with Gasteiger partial charge in [0.05, 0.1) is 12.8 Å². The standard InChI is InChI=1S/C21H17NO4/c1-12-10-17(23)19(21(24)26-12)18-15-11-14(25-2)8-9-16(15)22-20(18)13-6-4-3-5-7-13/h3-11,22-23H,1-2H3. The van der Waals surface area contributed by atoms with Crippen molar-refractivity contribution in [2.24, 2.45) is 0 Å². The fourth-order valence-corrected chi connectivity index (χ4v) is 3.21. The number of methoxy groups -OCH3 is 1. The Kier molecular flexibility index (Phi) is 3.77. The quantitative estimate of drug-likeness (QED) is 0.573. The average Bonchev–Trinajstić information content (AvgIpc) is 3.00. The van der Waals surface area contributed by atoms with Crippen molar-refractivity contribution in [3.05, 3.63) is 70.8 Å². The molecular weight excluding hydrogens is 330 g/mol. The monoisotopic (exact) mass is 347 g/mol. The Morgan fingerprint density at radius 2 is 1.81 bits per heavy atom. The van der Waals surface area contributed by atoms with Crippen LogP contribution in [0.2, 0.25) is 0 Å². The molecule has 0 unspecified atom stereocenters. The number of hydrogen-bond donors (Lipinski definition) is 2. The number of aromatic nitrogens is 1. The molecule has 5 nitrogen and oxygen atoms in total. The second kappa shape index (κ2) is 6.11. The van der Waals surface area contributed by atoms with Gasteiger partial charge in [0.15, 0.2) is 0 Å². The van der Waals surface area contributed by atoms with Crippen LogP contribution in [0, 0.1) is 6.92 Å². The Hall–Kier alpha value is -3.47. The zero-order valence-corrected chi connectivity index (χ0v) is 14.4. The Morgan fingerprint density at radius 1 is 1.04 bits per heavy atom. The largest absolute Gasteiger partial charge is 0.507 e. The van der Waals surface area contributed by atoms with E-state index in [0.717, 1.165) is 22.2 Å². The fraction of sp³-hybridized carbons (Fsp3) is 0.0952. The van der Waals surface area contributed by atoms with Crippen LogP contribution in [0.3, 0.4) is 0 Å². The number of nitrogens with one attached hydrogen (secondary N) is 1. The zero-order valence-electron chi connectivity index (χ0n) is 14.4. The van der Waals surface area contributed by atoms with E-state index in [1.165, 1.54) is 6.07 Å². The first kappa shape index (κ1) is 16.0. The lowest BCUT2D eigenvalue weighted by Gasteiger charge is -2.07. The summed E-state index contributed by atoms with van der Waals surface area (Å²) in [7, 11) is 1.59. The van der Waals surface area contributed by atoms with Gasteiger partial charge in [0.1, 0.15) is 22.8 Å². The Labute approximate surface area is 149 Å². The SMILES string of the molecule is COc1ccc2[nH]c(-c3ccccc3)c(-c3c(O)cc(C)oc3=O)c2c1. The number of ether oxygens (including phenoxy) is 1. The number of aromatic hydroxyl groups is 1. The summed E-state index contributed by atoms with van der Waals surface area (Å²) in [6.07, 6.45) is 0. The van der Waals surface area contributed by atoms with Crippen LogP contribution in [0.5, 0.6) is 11.5 Å². The molecule has 2 heterocycles. The van der Waals surface area contributed by atoms with E-state index in [1.54, 1.807) is 14.0 Å². The predicted molar refractivity (Wildman–Crippen MR) is 101 cm³/mol. The van der Waals surface area contributed by atoms with E-state index < -0.39 is 5.63 Å². The lowest BCUT2D eigenvalue weighted by Crippen LogP contribution is -2.04. The topological polar surface area (TPSA) is 75.5 Å². The van der Waals surface area contributed by atoms with Gasteiger partial charge in [-0.1, -0.05) is 30.3 Å². The summed E-state index contributed by atoms with van der Waals surface area (Å²) in [5.74, 6) is 0.905. The number of hydrogen-bond acceptors (Lipinski definition) is 4. The Balaban J connectivity index is 2.14. The minimum Gasteiger partial charge on any atom is -0.507 e. The molecule has 0 aliphatic carbocycles. The van der Waals surface area contributed by atoms with E-state index in [4.69, 9.17) is 9.15 Å². The first-order valence-corrected chi connectivity index (χ1v) is 8.17. The van der Waals surface area contributed by atoms with Crippen LogP contribution in [0.1, 0.15) is 5.76 Å². The maximum atomic E-state index is 12.6. The van der Waals surface area contributed by atoms with Crippen molar-refractivity contribution in [3.8, 4) is 33.9 Å². The molecule has 4 rings (SSSR count). The van der Waals surface area contributed by atoms with Crippen molar-refractivity contribution < 1.29 is 14.3 Å². The van der Waals surface area contributed by atoms with Gasteiger partial charge in [0, 0.05) is 22.5 Å². The van der Waals surface area contributed by atoms with Crippen molar-refractivity contribution in [1.82, 2.24) is 4.98 Å². The normalized spacial score (nSPS) is 11.0. The van der Waals surface area contributed by atoms with Crippen LogP contribution in [-0.4, -0.2) is 17.2 Å². The zero-order chi connectivity index (χ0) is 18.3. The highest BCUT2D eigenvalue weighted by Crippen LogP contribution is 2.41. The van der Waals surface area contributed by atoms with Gasteiger partial charge in [-0.05, 0) is 30.7 Å². The minimum atomic E-state index is -0.580. The van der Waals surface area contributed by atoms with E-state index in [-0.39, 0.29) is 11.3 Å². The van der Waals surface area contributed by atoms with Crippen molar-refractivity contribution in [2.45, 2.75) is 6.92 Å². The first-order chi connectivity index (χ1) is 12.6. The Morgan fingerprint density at radius 3 is 2.50 bits per heavy atom. The number of aryl methyl sites for hydroxylation is 1. The molecule has 4 aromatic rings. The van der Waals surface area contributed by atoms with Gasteiger partial charge in [0.25, 0.3) is 0 Å². The van der Waals surface area contributed by atoms with E-state index in [9.17, 15) is 9.90 Å². The lowest BCUT2D eigenvalue weighted by atomic mass is 9.99. The molecule has 0 fully saturated rings. The summed E-state index contributed by atoms with van der Waals surface area (Å²) in [6.45, 7) is 1.63. The van der Waals surface area contributed by atoms with Crippen LogP contribution in [-0.2, 0) is 0 Å². The summed E-state index contributed by atoms with van der Waals surface area (Å²) in [5.41, 5.74) is 2.62. The van der Waals surface area contributed by atoms with Crippen molar-refractivity contribution in [3.63, 3.8) is 0 Å². The van der Waals surface area contributed by atoms with Crippen molar-refractivity contribution >= 4 is 10.9 Å². The second-order valence-electron chi connectivity index (χ2n) is 6.06. The maximum absolute atomic E-state index is 12.6. The Bertz CT molecular complexity index is 1160. The highest BCUT2D eigenvalue weighted by molar-refractivity contribution is 6.05. The van der Waals surface area contributed by atoms with Crippen molar-refractivity contribution in [1.29, 1.82) is 0 Å². The molecule has 130 valence electrons. The first-order valence-electron chi connectivity index (χ1n) is 8.17. The highest BCUT2D eigenvalue weighted by Gasteiger charge is 2.22. The molecule has 0 saturated heterocycles. The highest BCUT2D eigenvalue weighted by atomic mass is 16.5. The molecule has 0 aliphatic heterocycles. The molecule has 0 atom stereocenters. The van der Waals surface area contributed by atoms with Gasteiger partial charge < -0.3 is 19.2 Å². The molecule has 0 bridgehead atoms. The summed E-state index contributed by atoms with van der Waals surface area (Å²) in [4.78, 5) is 15.9. The predicted octanol–water partition coefficient (Wildman–Crippen LogP) is 4.48. The third-order valence-electron chi connectivity index (χ3n) is 4.37. The molecule has 5 heteroatoms. The molecule has 0 amide bonds. The van der Waals surface area contributed by atoms with Gasteiger partial charge in [-0.3, -0.25) is 0 Å². The van der Waals surface area contributed by atoms with Gasteiger partial charge in [-0.2, -0.15) is 0 Å². The summed E-state index contributed by atoms with van der Waals surface area (Å²) < 4.78 is 10.6. The van der Waals surface area contributed by atoms with Crippen LogP contribution in [0.4, 0.5) is 0 Å². The van der Waals surface area contributed by atoms with E-state index >= 15 is 0 Å². The smallest absolute Gasteiger partial charge is 0.347 e. The number of fused-ring (bicyclic) bond motifs is 1. The summed E-state index contributed by atoms with van der Waals surface area (Å²) >= 11 is 0. The number of rotatable bonds is 3. The fourth-order valence-electron chi connectivity index (χ4n) is 3.21. The number of aromatic amines is 1. The number of H-pyrrole nitrogens is 1. The summed E-state index contributed by atoms with van der Waals surface area (Å²) in [5, 5.41) is 11.3. The average molecular weight is 347 g/mol. The molecule has 2 aromatic heterocycles. The van der Waals surface area contributed by atoms with E-state index in [2.05, 4.69) is 4.98 Å². The third kappa shape index (κ3) is 2.54. The van der Waals surface area contributed by atoms with Crippen LogP contribution in [0.15, 0.2) is 63.8 Å². The molecule has 0 saturated carbocycles. The molecular formula is C21H17NO4. The van der Waals surface area contributed by atoms with Gasteiger partial charge >= 0.3 is 5.63 Å². The van der Waals surface area contributed by atoms with Crippen LogP contribution < -0.4 is 10.4 Å². The molecule has 0 aliphatic rings. The van der Waals surface area contributed by atoms with Gasteiger partial charge in [-0.15, -0.1) is 0 Å². The third-order valence-corrected chi connectivity index (χ3v) is 4.37. The van der Waals surface area contributed by atoms with Crippen LogP contribution in [0.25, 0.3) is 33.3 Å². The van der Waals surface area contributed by atoms with E-state index in [0.29, 0.717) is 17.1 Å². The maximum Gasteiger partial charge on any atom is 0.347 e. The summed E-state index contributed by atoms with van der Waals surface area (Å²) in [6, 6.07) is 16.7. The molecule has 2 aromatic carbocycles. The molecule has 0 radical (unpaired) electrons. The van der Waals surface area contributed by atoms with Gasteiger partial charge in [-0.25, -0.2) is 4.79 Å². The van der Waals surface area contributed by atoms with Crippen LogP contribution >= 0.6 is 0 Å². The second-order valence-corrected chi connectivity index (χ2v) is 6.06. The molecule has 0 spiro atoms. The molecule has 2 N–H and O–H groups in total. The van der Waals surface area contributed by atoms with Gasteiger partial charge in [0.2, 0.25) is 0 Å². The lowest BCUT2D eigenvalue weighted by molar-refractivity contribution is 0.415. The number of benzene rings is 2. The molecule has 26 heavy (non-hydrogen) atoms. The minimum absolute atomic E-state index is 0.111.